The molecule has 0 unspecified atom stereocenters. The highest BCUT2D eigenvalue weighted by atomic mass is 35.5. The van der Waals surface area contributed by atoms with E-state index in [9.17, 15) is 9.59 Å². The summed E-state index contributed by atoms with van der Waals surface area (Å²) in [5.74, 6) is -0.684. The largest absolute Gasteiger partial charge is 0.457 e. The maximum atomic E-state index is 12.4. The molecule has 2 aromatic carbocycles. The van der Waals surface area contributed by atoms with Crippen molar-refractivity contribution in [2.75, 3.05) is 6.61 Å². The predicted molar refractivity (Wildman–Crippen MR) is 89.1 cm³/mol. The van der Waals surface area contributed by atoms with Crippen molar-refractivity contribution < 1.29 is 14.3 Å². The number of halogens is 2. The molecule has 5 heteroatoms. The molecule has 0 N–H and O–H groups in total. The molecular formula is C18H14Cl2O3. The Hall–Kier alpha value is -1.84. The molecule has 0 saturated heterocycles. The number of ketones is 1. The zero-order valence-electron chi connectivity index (χ0n) is 12.2. The summed E-state index contributed by atoms with van der Waals surface area (Å²) in [5.41, 5.74) is 0.598. The summed E-state index contributed by atoms with van der Waals surface area (Å²) in [5, 5.41) is 0.971. The summed E-state index contributed by atoms with van der Waals surface area (Å²) in [7, 11) is 0. The maximum Gasteiger partial charge on any atom is 0.317 e. The van der Waals surface area contributed by atoms with Gasteiger partial charge in [-0.05, 0) is 42.7 Å². The van der Waals surface area contributed by atoms with Crippen LogP contribution in [0.15, 0.2) is 48.5 Å². The second-order valence-electron chi connectivity index (χ2n) is 5.57. The van der Waals surface area contributed by atoms with Gasteiger partial charge in [-0.15, -0.1) is 0 Å². The van der Waals surface area contributed by atoms with Crippen molar-refractivity contribution in [3.05, 3.63) is 69.7 Å². The molecule has 0 radical (unpaired) electrons. The van der Waals surface area contributed by atoms with Gasteiger partial charge in [0.15, 0.2) is 6.61 Å². The number of ether oxygens (including phenoxy) is 1. The molecule has 1 aliphatic carbocycles. The highest BCUT2D eigenvalue weighted by Gasteiger charge is 2.52. The fourth-order valence-corrected chi connectivity index (χ4v) is 2.91. The number of carbonyl (C=O) groups is 2. The number of benzene rings is 2. The fourth-order valence-electron chi connectivity index (χ4n) is 2.54. The molecular weight excluding hydrogens is 335 g/mol. The summed E-state index contributed by atoms with van der Waals surface area (Å²) >= 11 is 11.8. The number of esters is 1. The van der Waals surface area contributed by atoms with E-state index >= 15 is 0 Å². The van der Waals surface area contributed by atoms with Crippen LogP contribution >= 0.6 is 23.2 Å². The van der Waals surface area contributed by atoms with E-state index in [1.807, 2.05) is 12.1 Å². The van der Waals surface area contributed by atoms with Crippen LogP contribution in [0.2, 0.25) is 10.0 Å². The van der Waals surface area contributed by atoms with E-state index in [2.05, 4.69) is 0 Å². The maximum absolute atomic E-state index is 12.4. The predicted octanol–water partition coefficient (Wildman–Crippen LogP) is 4.45. The Bertz CT molecular complexity index is 749. The van der Waals surface area contributed by atoms with E-state index in [0.29, 0.717) is 28.5 Å². The minimum absolute atomic E-state index is 0.308. The molecule has 1 saturated carbocycles. The lowest BCUT2D eigenvalue weighted by molar-refractivity contribution is -0.145. The zero-order chi connectivity index (χ0) is 16.4. The second kappa shape index (κ2) is 6.34. The number of carbonyl (C=O) groups excluding carboxylic acids is 2. The van der Waals surface area contributed by atoms with Crippen molar-refractivity contribution >= 4 is 35.0 Å². The van der Waals surface area contributed by atoms with Crippen LogP contribution in [0.5, 0.6) is 0 Å². The number of Topliss-reactive ketones (excluding diaryl/α,β-unsaturated/α-hetero) is 1. The molecule has 1 fully saturated rings. The molecule has 1 aliphatic rings. The molecule has 3 rings (SSSR count). The minimum Gasteiger partial charge on any atom is -0.457 e. The van der Waals surface area contributed by atoms with Gasteiger partial charge >= 0.3 is 5.97 Å². The molecule has 0 bridgehead atoms. The third kappa shape index (κ3) is 3.26. The third-order valence-corrected chi connectivity index (χ3v) is 4.63. The van der Waals surface area contributed by atoms with E-state index < -0.39 is 5.41 Å². The van der Waals surface area contributed by atoms with Crippen LogP contribution in [-0.2, 0) is 14.9 Å². The number of hydrogen-bond donors (Lipinski definition) is 0. The summed E-state index contributed by atoms with van der Waals surface area (Å²) in [6.45, 7) is -0.308. The Balaban J connectivity index is 1.67. The molecule has 0 aromatic heterocycles. The number of hydrogen-bond acceptors (Lipinski definition) is 3. The van der Waals surface area contributed by atoms with Gasteiger partial charge in [0.2, 0.25) is 5.78 Å². The second-order valence-corrected chi connectivity index (χ2v) is 6.41. The zero-order valence-corrected chi connectivity index (χ0v) is 13.7. The van der Waals surface area contributed by atoms with Gasteiger partial charge in [-0.25, -0.2) is 0 Å². The van der Waals surface area contributed by atoms with Crippen molar-refractivity contribution in [2.45, 2.75) is 18.3 Å². The molecule has 3 nitrogen and oxygen atoms in total. The van der Waals surface area contributed by atoms with Gasteiger partial charge in [0.05, 0.1) is 10.4 Å². The van der Waals surface area contributed by atoms with Gasteiger partial charge in [0.25, 0.3) is 0 Å². The smallest absolute Gasteiger partial charge is 0.317 e. The van der Waals surface area contributed by atoms with E-state index in [-0.39, 0.29) is 18.4 Å². The summed E-state index contributed by atoms with van der Waals surface area (Å²) < 4.78 is 5.25. The van der Waals surface area contributed by atoms with Crippen LogP contribution in [0.4, 0.5) is 0 Å². The fraction of sp³-hybridized carbons (Fsp3) is 0.222. The van der Waals surface area contributed by atoms with Gasteiger partial charge < -0.3 is 4.74 Å². The van der Waals surface area contributed by atoms with Gasteiger partial charge in [-0.3, -0.25) is 9.59 Å². The number of rotatable bonds is 5. The summed E-state index contributed by atoms with van der Waals surface area (Å²) in [6.07, 6.45) is 1.43. The van der Waals surface area contributed by atoms with Gasteiger partial charge in [0.1, 0.15) is 0 Å². The average molecular weight is 349 g/mol. The van der Waals surface area contributed by atoms with Crippen molar-refractivity contribution in [3.8, 4) is 0 Å². The van der Waals surface area contributed by atoms with Gasteiger partial charge in [-0.1, -0.05) is 47.5 Å². The molecule has 118 valence electrons. The first kappa shape index (κ1) is 16.0. The summed E-state index contributed by atoms with van der Waals surface area (Å²) in [4.78, 5) is 24.5. The molecule has 2 aromatic rings. The van der Waals surface area contributed by atoms with Crippen LogP contribution in [-0.4, -0.2) is 18.4 Å². The monoisotopic (exact) mass is 348 g/mol. The van der Waals surface area contributed by atoms with Gasteiger partial charge in [0, 0.05) is 10.6 Å². The molecule has 0 aliphatic heterocycles. The molecule has 23 heavy (non-hydrogen) atoms. The first-order valence-corrected chi connectivity index (χ1v) is 7.99. The Labute approximate surface area is 144 Å². The van der Waals surface area contributed by atoms with E-state index in [1.54, 1.807) is 36.4 Å². The van der Waals surface area contributed by atoms with E-state index in [1.165, 1.54) is 0 Å². The SMILES string of the molecule is O=C(COC(=O)C1(c2ccc(Cl)cc2)CC1)c1ccccc1Cl. The minimum atomic E-state index is -0.634. The van der Waals surface area contributed by atoms with Crippen LogP contribution in [0.25, 0.3) is 0 Å². The molecule has 0 atom stereocenters. The van der Waals surface area contributed by atoms with Crippen molar-refractivity contribution in [2.24, 2.45) is 0 Å². The van der Waals surface area contributed by atoms with Crippen LogP contribution in [0.1, 0.15) is 28.8 Å². The lowest BCUT2D eigenvalue weighted by atomic mass is 9.96. The lowest BCUT2D eigenvalue weighted by Crippen LogP contribution is -2.25. The highest BCUT2D eigenvalue weighted by Crippen LogP contribution is 2.49. The van der Waals surface area contributed by atoms with Crippen LogP contribution in [0.3, 0.4) is 0 Å². The Morgan fingerprint density at radius 1 is 1.00 bits per heavy atom. The average Bonchev–Trinajstić information content (AvgIpc) is 3.35. The molecule has 0 heterocycles. The van der Waals surface area contributed by atoms with Gasteiger partial charge in [-0.2, -0.15) is 0 Å². The van der Waals surface area contributed by atoms with Crippen molar-refractivity contribution in [3.63, 3.8) is 0 Å². The van der Waals surface area contributed by atoms with E-state index in [0.717, 1.165) is 5.56 Å². The standard InChI is InChI=1S/C18H14Cl2O3/c19-13-7-5-12(6-8-13)18(9-10-18)17(22)23-11-16(21)14-3-1-2-4-15(14)20/h1-8H,9-11H2. The van der Waals surface area contributed by atoms with Crippen LogP contribution < -0.4 is 0 Å². The molecule has 0 spiro atoms. The van der Waals surface area contributed by atoms with Crippen molar-refractivity contribution in [1.82, 2.24) is 0 Å². The third-order valence-electron chi connectivity index (χ3n) is 4.05. The van der Waals surface area contributed by atoms with Crippen LogP contribution in [0, 0.1) is 0 Å². The Morgan fingerprint density at radius 2 is 1.65 bits per heavy atom. The summed E-state index contributed by atoms with van der Waals surface area (Å²) in [6, 6.07) is 13.9. The van der Waals surface area contributed by atoms with E-state index in [4.69, 9.17) is 27.9 Å². The Morgan fingerprint density at radius 3 is 2.26 bits per heavy atom. The first-order valence-electron chi connectivity index (χ1n) is 7.24. The normalized spacial score (nSPS) is 15.0. The topological polar surface area (TPSA) is 43.4 Å². The lowest BCUT2D eigenvalue weighted by Gasteiger charge is -2.15. The Kier molecular flexibility index (Phi) is 4.42. The molecule has 0 amide bonds. The van der Waals surface area contributed by atoms with Crippen molar-refractivity contribution in [1.29, 1.82) is 0 Å². The highest BCUT2D eigenvalue weighted by molar-refractivity contribution is 6.34. The quantitative estimate of drug-likeness (QED) is 0.592. The first-order chi connectivity index (χ1) is 11.0.